The second-order valence-corrected chi connectivity index (χ2v) is 7.84. The van der Waals surface area contributed by atoms with Gasteiger partial charge in [0.05, 0.1) is 29.6 Å². The number of anilines is 1. The Bertz CT molecular complexity index is 1180. The van der Waals surface area contributed by atoms with Crippen LogP contribution in [0.2, 0.25) is 0 Å². The fourth-order valence-corrected chi connectivity index (χ4v) is 4.28. The molecular weight excluding hydrogens is 386 g/mol. The molecule has 0 aliphatic heterocycles. The summed E-state index contributed by atoms with van der Waals surface area (Å²) in [6.07, 6.45) is 3.38. The Hall–Kier alpha value is -3.26. The molecule has 0 atom stereocenters. The Morgan fingerprint density at radius 1 is 1.28 bits per heavy atom. The minimum absolute atomic E-state index is 0.228. The molecule has 148 valence electrons. The lowest BCUT2D eigenvalue weighted by molar-refractivity contribution is 0.0982. The van der Waals surface area contributed by atoms with Gasteiger partial charge in [-0.2, -0.15) is 0 Å². The quantitative estimate of drug-likeness (QED) is 0.502. The molecule has 0 bridgehead atoms. The first kappa shape index (κ1) is 19.1. The molecular formula is C21H21N5O2S. The summed E-state index contributed by atoms with van der Waals surface area (Å²) in [5.41, 5.74) is 4.34. The average molecular weight is 407 g/mol. The third kappa shape index (κ3) is 3.71. The summed E-state index contributed by atoms with van der Waals surface area (Å²) >= 11 is 1.50. The normalized spacial score (nSPS) is 11.0. The minimum Gasteiger partial charge on any atom is -0.479 e. The van der Waals surface area contributed by atoms with E-state index < -0.39 is 0 Å². The maximum absolute atomic E-state index is 13.5. The van der Waals surface area contributed by atoms with Gasteiger partial charge in [-0.3, -0.25) is 19.4 Å². The molecule has 0 unspecified atom stereocenters. The van der Waals surface area contributed by atoms with Crippen molar-refractivity contribution in [1.82, 2.24) is 19.7 Å². The Morgan fingerprint density at radius 3 is 2.83 bits per heavy atom. The molecule has 0 N–H and O–H groups in total. The first-order valence-electron chi connectivity index (χ1n) is 9.13. The van der Waals surface area contributed by atoms with Gasteiger partial charge in [-0.25, -0.2) is 4.98 Å². The zero-order valence-electron chi connectivity index (χ0n) is 16.7. The standard InChI is InChI=1S/C21H21N5O2S/c1-13-9-14(2)18-17(10-13)23-21(29-18)26(11-15-7-5-6-8-22-15)20(27)16-12-25(3)24-19(16)28-4/h5-10,12H,11H2,1-4H3. The number of carbonyl (C=O) groups excluding carboxylic acids is 1. The van der Waals surface area contributed by atoms with Crippen LogP contribution in [0.4, 0.5) is 5.13 Å². The lowest BCUT2D eigenvalue weighted by Crippen LogP contribution is -2.30. The maximum Gasteiger partial charge on any atom is 0.267 e. The number of hydrogen-bond acceptors (Lipinski definition) is 6. The molecule has 4 aromatic rings. The summed E-state index contributed by atoms with van der Waals surface area (Å²) in [5.74, 6) is 0.0608. The van der Waals surface area contributed by atoms with Crippen LogP contribution in [-0.4, -0.2) is 32.8 Å². The summed E-state index contributed by atoms with van der Waals surface area (Å²) in [6, 6.07) is 9.81. The molecule has 3 aromatic heterocycles. The Balaban J connectivity index is 1.82. The van der Waals surface area contributed by atoms with Crippen molar-refractivity contribution in [2.24, 2.45) is 7.05 Å². The van der Waals surface area contributed by atoms with Gasteiger partial charge in [0.1, 0.15) is 5.56 Å². The van der Waals surface area contributed by atoms with Crippen molar-refractivity contribution in [2.45, 2.75) is 20.4 Å². The van der Waals surface area contributed by atoms with Crippen molar-refractivity contribution in [1.29, 1.82) is 0 Å². The molecule has 8 heteroatoms. The molecule has 29 heavy (non-hydrogen) atoms. The SMILES string of the molecule is COc1nn(C)cc1C(=O)N(Cc1ccccn1)c1nc2cc(C)cc(C)c2s1. The Labute approximate surface area is 172 Å². The number of ether oxygens (including phenoxy) is 1. The van der Waals surface area contributed by atoms with Crippen LogP contribution >= 0.6 is 11.3 Å². The van der Waals surface area contributed by atoms with Crippen molar-refractivity contribution in [3.05, 3.63) is 65.1 Å². The largest absolute Gasteiger partial charge is 0.479 e. The second-order valence-electron chi connectivity index (χ2n) is 6.86. The predicted octanol–water partition coefficient (Wildman–Crippen LogP) is 3.90. The number of aryl methyl sites for hydroxylation is 3. The van der Waals surface area contributed by atoms with E-state index in [9.17, 15) is 4.79 Å². The highest BCUT2D eigenvalue weighted by Gasteiger charge is 2.27. The van der Waals surface area contributed by atoms with E-state index in [1.807, 2.05) is 31.2 Å². The number of methoxy groups -OCH3 is 1. The van der Waals surface area contributed by atoms with Crippen LogP contribution < -0.4 is 9.64 Å². The number of benzene rings is 1. The zero-order chi connectivity index (χ0) is 20.5. The molecule has 0 saturated heterocycles. The average Bonchev–Trinajstić information content (AvgIpc) is 3.29. The van der Waals surface area contributed by atoms with Crippen molar-refractivity contribution in [3.8, 4) is 5.88 Å². The van der Waals surface area contributed by atoms with Crippen molar-refractivity contribution < 1.29 is 9.53 Å². The number of rotatable bonds is 5. The number of thiazole rings is 1. The third-order valence-corrected chi connectivity index (χ3v) is 5.78. The number of aromatic nitrogens is 4. The molecule has 1 aromatic carbocycles. The molecule has 0 saturated carbocycles. The molecule has 0 aliphatic rings. The van der Waals surface area contributed by atoms with Crippen LogP contribution in [0.3, 0.4) is 0 Å². The molecule has 0 aliphatic carbocycles. The monoisotopic (exact) mass is 407 g/mol. The molecule has 0 spiro atoms. The molecule has 0 radical (unpaired) electrons. The van der Waals surface area contributed by atoms with Gasteiger partial charge in [-0.05, 0) is 43.2 Å². The van der Waals surface area contributed by atoms with E-state index in [1.165, 1.54) is 18.4 Å². The van der Waals surface area contributed by atoms with Crippen LogP contribution in [0.1, 0.15) is 27.2 Å². The Morgan fingerprint density at radius 2 is 2.10 bits per heavy atom. The van der Waals surface area contributed by atoms with Gasteiger partial charge in [-0.15, -0.1) is 5.10 Å². The maximum atomic E-state index is 13.5. The van der Waals surface area contributed by atoms with Crippen LogP contribution in [0.5, 0.6) is 5.88 Å². The fourth-order valence-electron chi connectivity index (χ4n) is 3.27. The summed E-state index contributed by atoms with van der Waals surface area (Å²) in [4.78, 5) is 24.3. The topological polar surface area (TPSA) is 73.1 Å². The fraction of sp³-hybridized carbons (Fsp3) is 0.238. The van der Waals surface area contributed by atoms with E-state index in [4.69, 9.17) is 9.72 Å². The predicted molar refractivity (Wildman–Crippen MR) is 114 cm³/mol. The smallest absolute Gasteiger partial charge is 0.267 e. The Kier molecular flexibility index (Phi) is 5.02. The first-order valence-corrected chi connectivity index (χ1v) is 9.95. The highest BCUT2D eigenvalue weighted by Crippen LogP contribution is 2.34. The van der Waals surface area contributed by atoms with E-state index in [2.05, 4.69) is 23.1 Å². The lowest BCUT2D eigenvalue weighted by Gasteiger charge is -2.19. The number of nitrogens with zero attached hydrogens (tertiary/aromatic N) is 5. The van der Waals surface area contributed by atoms with Crippen molar-refractivity contribution in [3.63, 3.8) is 0 Å². The van der Waals surface area contributed by atoms with Crippen molar-refractivity contribution in [2.75, 3.05) is 12.0 Å². The lowest BCUT2D eigenvalue weighted by atomic mass is 10.1. The molecule has 4 rings (SSSR count). The van der Waals surface area contributed by atoms with E-state index in [0.29, 0.717) is 17.2 Å². The van der Waals surface area contributed by atoms with Gasteiger partial charge in [-0.1, -0.05) is 23.5 Å². The van der Waals surface area contributed by atoms with Crippen molar-refractivity contribution >= 4 is 32.6 Å². The van der Waals surface area contributed by atoms with Gasteiger partial charge in [0.2, 0.25) is 5.88 Å². The van der Waals surface area contributed by atoms with Gasteiger partial charge in [0.25, 0.3) is 5.91 Å². The number of pyridine rings is 1. The van der Waals surface area contributed by atoms with Crippen LogP contribution in [-0.2, 0) is 13.6 Å². The molecule has 7 nitrogen and oxygen atoms in total. The van der Waals surface area contributed by atoms with E-state index in [1.54, 1.807) is 29.0 Å². The number of amides is 1. The number of fused-ring (bicyclic) bond motifs is 1. The molecule has 1 amide bonds. The minimum atomic E-state index is -0.228. The zero-order valence-corrected chi connectivity index (χ0v) is 17.5. The van der Waals surface area contributed by atoms with Gasteiger partial charge < -0.3 is 4.74 Å². The van der Waals surface area contributed by atoms with Gasteiger partial charge >= 0.3 is 0 Å². The van der Waals surface area contributed by atoms with Crippen LogP contribution in [0.15, 0.2) is 42.7 Å². The number of carbonyl (C=O) groups is 1. The van der Waals surface area contributed by atoms with Crippen LogP contribution in [0, 0.1) is 13.8 Å². The van der Waals surface area contributed by atoms with Crippen LogP contribution in [0.25, 0.3) is 10.2 Å². The van der Waals surface area contributed by atoms with E-state index in [-0.39, 0.29) is 11.8 Å². The first-order chi connectivity index (χ1) is 14.0. The van der Waals surface area contributed by atoms with Gasteiger partial charge in [0.15, 0.2) is 5.13 Å². The van der Waals surface area contributed by atoms with E-state index >= 15 is 0 Å². The third-order valence-electron chi connectivity index (χ3n) is 4.55. The van der Waals surface area contributed by atoms with E-state index in [0.717, 1.165) is 27.0 Å². The molecule has 0 fully saturated rings. The highest BCUT2D eigenvalue weighted by molar-refractivity contribution is 7.22. The van der Waals surface area contributed by atoms with Gasteiger partial charge in [0, 0.05) is 19.4 Å². The molecule has 3 heterocycles. The second kappa shape index (κ2) is 7.63. The number of hydrogen-bond donors (Lipinski definition) is 0. The summed E-state index contributed by atoms with van der Waals surface area (Å²) in [6.45, 7) is 4.41. The summed E-state index contributed by atoms with van der Waals surface area (Å²) in [7, 11) is 3.26. The highest BCUT2D eigenvalue weighted by atomic mass is 32.1. The summed E-state index contributed by atoms with van der Waals surface area (Å²) in [5, 5.41) is 4.84. The summed E-state index contributed by atoms with van der Waals surface area (Å²) < 4.78 is 7.94.